The SMILES string of the molecule is Cc1cc2c(N)cccc2n1SI. The van der Waals surface area contributed by atoms with E-state index in [0.29, 0.717) is 0 Å². The number of benzene rings is 1. The molecule has 0 saturated carbocycles. The summed E-state index contributed by atoms with van der Waals surface area (Å²) in [5.41, 5.74) is 9.14. The van der Waals surface area contributed by atoms with Crippen LogP contribution < -0.4 is 5.73 Å². The van der Waals surface area contributed by atoms with Crippen molar-refractivity contribution in [1.82, 2.24) is 3.97 Å². The summed E-state index contributed by atoms with van der Waals surface area (Å²) in [5, 5.41) is 1.14. The second-order valence-corrected chi connectivity index (χ2v) is 4.61. The standard InChI is InChI=1S/C9H9IN2S/c1-6-5-7-8(11)3-2-4-9(7)12(6)13-10/h2-5H,11H2,1H3. The van der Waals surface area contributed by atoms with Crippen molar-refractivity contribution in [2.75, 3.05) is 5.73 Å². The first kappa shape index (κ1) is 9.21. The molecule has 68 valence electrons. The first-order valence-corrected chi connectivity index (χ1v) is 7.21. The number of nitrogen functional groups attached to an aromatic ring is 1. The number of nitrogens with zero attached hydrogens (tertiary/aromatic N) is 1. The van der Waals surface area contributed by atoms with Crippen LogP contribution >= 0.6 is 30.3 Å². The minimum absolute atomic E-state index is 0.852. The molecule has 0 amide bonds. The molecule has 0 radical (unpaired) electrons. The quantitative estimate of drug-likeness (QED) is 0.647. The highest BCUT2D eigenvalue weighted by atomic mass is 127. The van der Waals surface area contributed by atoms with Gasteiger partial charge in [-0.1, -0.05) is 6.07 Å². The van der Waals surface area contributed by atoms with E-state index in [-0.39, 0.29) is 0 Å². The molecule has 0 atom stereocenters. The summed E-state index contributed by atoms with van der Waals surface area (Å²) in [6.07, 6.45) is 0. The Hall–Kier alpha value is -0.360. The first-order chi connectivity index (χ1) is 6.24. The smallest absolute Gasteiger partial charge is 0.0622 e. The van der Waals surface area contributed by atoms with Crippen molar-refractivity contribution in [3.63, 3.8) is 0 Å². The zero-order valence-corrected chi connectivity index (χ0v) is 10.1. The Morgan fingerprint density at radius 1 is 1.46 bits per heavy atom. The highest BCUT2D eigenvalue weighted by Crippen LogP contribution is 2.30. The lowest BCUT2D eigenvalue weighted by atomic mass is 10.2. The summed E-state index contributed by atoms with van der Waals surface area (Å²) in [5.74, 6) is 0. The molecule has 0 bridgehead atoms. The first-order valence-electron chi connectivity index (χ1n) is 3.89. The van der Waals surface area contributed by atoms with E-state index in [1.54, 1.807) is 9.12 Å². The van der Waals surface area contributed by atoms with E-state index in [4.69, 9.17) is 5.73 Å². The number of rotatable bonds is 1. The van der Waals surface area contributed by atoms with Crippen molar-refractivity contribution >= 4 is 46.9 Å². The number of hydrogen-bond acceptors (Lipinski definition) is 2. The summed E-state index contributed by atoms with van der Waals surface area (Å²) in [7, 11) is 1.67. The number of fused-ring (bicyclic) bond motifs is 1. The summed E-state index contributed by atoms with van der Waals surface area (Å²) in [6.45, 7) is 2.09. The fourth-order valence-corrected chi connectivity index (χ4v) is 3.42. The van der Waals surface area contributed by atoms with Crippen LogP contribution in [0.4, 0.5) is 5.69 Å². The zero-order valence-electron chi connectivity index (χ0n) is 7.12. The van der Waals surface area contributed by atoms with E-state index in [1.807, 2.05) is 12.1 Å². The molecule has 0 aliphatic rings. The van der Waals surface area contributed by atoms with Gasteiger partial charge in [0.1, 0.15) is 0 Å². The van der Waals surface area contributed by atoms with E-state index in [2.05, 4.69) is 44.2 Å². The van der Waals surface area contributed by atoms with Gasteiger partial charge >= 0.3 is 0 Å². The predicted molar refractivity (Wildman–Crippen MR) is 68.1 cm³/mol. The van der Waals surface area contributed by atoms with Gasteiger partial charge in [0.2, 0.25) is 0 Å². The lowest BCUT2D eigenvalue weighted by molar-refractivity contribution is 1.23. The van der Waals surface area contributed by atoms with E-state index in [1.165, 1.54) is 11.2 Å². The molecule has 2 nitrogen and oxygen atoms in total. The van der Waals surface area contributed by atoms with Gasteiger partial charge in [-0.2, -0.15) is 0 Å². The molecule has 1 heterocycles. The Morgan fingerprint density at radius 2 is 2.23 bits per heavy atom. The average Bonchev–Trinajstić information content (AvgIpc) is 2.43. The van der Waals surface area contributed by atoms with Crippen molar-refractivity contribution in [3.8, 4) is 0 Å². The van der Waals surface area contributed by atoms with Gasteiger partial charge in [0.05, 0.1) is 5.52 Å². The van der Waals surface area contributed by atoms with Gasteiger partial charge in [0.15, 0.2) is 0 Å². The van der Waals surface area contributed by atoms with Crippen molar-refractivity contribution in [3.05, 3.63) is 30.0 Å². The molecule has 2 rings (SSSR count). The predicted octanol–water partition coefficient (Wildman–Crippen LogP) is 3.38. The Balaban J connectivity index is 2.86. The average molecular weight is 304 g/mol. The van der Waals surface area contributed by atoms with Crippen LogP contribution in [-0.4, -0.2) is 3.97 Å². The van der Waals surface area contributed by atoms with Crippen molar-refractivity contribution < 1.29 is 0 Å². The van der Waals surface area contributed by atoms with Crippen LogP contribution in [0.25, 0.3) is 10.9 Å². The molecule has 1 aromatic carbocycles. The lowest BCUT2D eigenvalue weighted by Gasteiger charge is -2.00. The van der Waals surface area contributed by atoms with E-state index in [9.17, 15) is 0 Å². The van der Waals surface area contributed by atoms with Crippen LogP contribution in [-0.2, 0) is 0 Å². The van der Waals surface area contributed by atoms with Gasteiger partial charge in [-0.05, 0) is 25.1 Å². The minimum atomic E-state index is 0.852. The fourth-order valence-electron chi connectivity index (χ4n) is 1.45. The highest BCUT2D eigenvalue weighted by molar-refractivity contribution is 14.2. The van der Waals surface area contributed by atoms with Crippen molar-refractivity contribution in [1.29, 1.82) is 0 Å². The van der Waals surface area contributed by atoms with E-state index in [0.717, 1.165) is 11.1 Å². The molecule has 0 saturated heterocycles. The molecular formula is C9H9IN2S. The zero-order chi connectivity index (χ0) is 9.42. The van der Waals surface area contributed by atoms with Crippen LogP contribution in [0, 0.1) is 6.92 Å². The Labute approximate surface area is 93.2 Å². The van der Waals surface area contributed by atoms with Gasteiger partial charge in [0.25, 0.3) is 0 Å². The maximum absolute atomic E-state index is 5.87. The molecule has 0 unspecified atom stereocenters. The number of aromatic nitrogens is 1. The van der Waals surface area contributed by atoms with Crippen LogP contribution in [0.1, 0.15) is 5.69 Å². The van der Waals surface area contributed by atoms with Gasteiger partial charge in [0, 0.05) is 47.1 Å². The van der Waals surface area contributed by atoms with Crippen LogP contribution in [0.3, 0.4) is 0 Å². The number of nitrogens with two attached hydrogens (primary N) is 1. The topological polar surface area (TPSA) is 30.9 Å². The largest absolute Gasteiger partial charge is 0.398 e. The molecule has 4 heteroatoms. The van der Waals surface area contributed by atoms with E-state index < -0.39 is 0 Å². The Kier molecular flexibility index (Phi) is 2.42. The third kappa shape index (κ3) is 1.42. The van der Waals surface area contributed by atoms with Gasteiger partial charge in [-0.25, -0.2) is 0 Å². The number of hydrogen-bond donors (Lipinski definition) is 1. The summed E-state index contributed by atoms with van der Waals surface area (Å²) >= 11 is 2.27. The molecular weight excluding hydrogens is 295 g/mol. The van der Waals surface area contributed by atoms with Crippen molar-refractivity contribution in [2.45, 2.75) is 6.92 Å². The molecule has 13 heavy (non-hydrogen) atoms. The summed E-state index contributed by atoms with van der Waals surface area (Å²) in [4.78, 5) is 0. The molecule has 0 aliphatic carbocycles. The molecule has 2 N–H and O–H groups in total. The van der Waals surface area contributed by atoms with Crippen molar-refractivity contribution in [2.24, 2.45) is 0 Å². The summed E-state index contributed by atoms with van der Waals surface area (Å²) < 4.78 is 2.17. The number of anilines is 1. The maximum Gasteiger partial charge on any atom is 0.0622 e. The van der Waals surface area contributed by atoms with Gasteiger partial charge < -0.3 is 5.73 Å². The molecule has 0 fully saturated rings. The second-order valence-electron chi connectivity index (χ2n) is 2.93. The van der Waals surface area contributed by atoms with Crippen LogP contribution in [0.15, 0.2) is 24.3 Å². The maximum atomic E-state index is 5.87. The van der Waals surface area contributed by atoms with Crippen LogP contribution in [0.2, 0.25) is 0 Å². The third-order valence-electron chi connectivity index (χ3n) is 2.08. The van der Waals surface area contributed by atoms with Gasteiger partial charge in [-0.3, -0.25) is 3.97 Å². The Morgan fingerprint density at radius 3 is 2.92 bits per heavy atom. The second kappa shape index (κ2) is 3.42. The minimum Gasteiger partial charge on any atom is -0.398 e. The normalized spacial score (nSPS) is 10.9. The summed E-state index contributed by atoms with van der Waals surface area (Å²) in [6, 6.07) is 8.13. The van der Waals surface area contributed by atoms with E-state index >= 15 is 0 Å². The molecule has 0 spiro atoms. The monoisotopic (exact) mass is 304 g/mol. The lowest BCUT2D eigenvalue weighted by Crippen LogP contribution is -1.86. The Bertz CT molecular complexity index is 450. The number of halogens is 1. The van der Waals surface area contributed by atoms with Gasteiger partial charge in [-0.15, -0.1) is 0 Å². The molecule has 1 aromatic heterocycles. The highest BCUT2D eigenvalue weighted by Gasteiger charge is 2.06. The third-order valence-corrected chi connectivity index (χ3v) is 3.88. The number of aryl methyl sites for hydroxylation is 1. The molecule has 0 aliphatic heterocycles. The van der Waals surface area contributed by atoms with Crippen LogP contribution in [0.5, 0.6) is 0 Å². The fraction of sp³-hybridized carbons (Fsp3) is 0.111. The molecule has 2 aromatic rings.